The van der Waals surface area contributed by atoms with E-state index in [9.17, 15) is 8.42 Å². The van der Waals surface area contributed by atoms with Gasteiger partial charge in [0.1, 0.15) is 0 Å². The molecule has 1 saturated heterocycles. The first-order valence-corrected chi connectivity index (χ1v) is 11.2. The third-order valence-electron chi connectivity index (χ3n) is 5.32. The molecule has 1 aliphatic heterocycles. The van der Waals surface area contributed by atoms with Crippen LogP contribution in [0.5, 0.6) is 0 Å². The van der Waals surface area contributed by atoms with Crippen molar-refractivity contribution in [2.75, 3.05) is 6.61 Å². The Morgan fingerprint density at radius 1 is 1.11 bits per heavy atom. The van der Waals surface area contributed by atoms with E-state index in [-0.39, 0.29) is 23.0 Å². The number of rotatable bonds is 7. The first-order valence-electron chi connectivity index (χ1n) is 9.77. The summed E-state index contributed by atoms with van der Waals surface area (Å²) in [7, 11) is -3.65. The van der Waals surface area contributed by atoms with Crippen LogP contribution in [-0.4, -0.2) is 33.3 Å². The highest BCUT2D eigenvalue weighted by molar-refractivity contribution is 7.89. The van der Waals surface area contributed by atoms with Gasteiger partial charge in [-0.3, -0.25) is 0 Å². The van der Waals surface area contributed by atoms with Gasteiger partial charge >= 0.3 is 0 Å². The first kappa shape index (κ1) is 21.0. The number of hydrogen-bond donors (Lipinski definition) is 1. The van der Waals surface area contributed by atoms with Gasteiger partial charge in [0, 0.05) is 5.92 Å². The maximum absolute atomic E-state index is 12.9. The Morgan fingerprint density at radius 3 is 2.43 bits per heavy atom. The van der Waals surface area contributed by atoms with E-state index in [4.69, 9.17) is 9.47 Å². The van der Waals surface area contributed by atoms with Gasteiger partial charge in [0.05, 0.1) is 36.4 Å². The van der Waals surface area contributed by atoms with Crippen molar-refractivity contribution in [2.45, 2.75) is 56.9 Å². The number of benzene rings is 2. The van der Waals surface area contributed by atoms with Gasteiger partial charge in [-0.05, 0) is 31.0 Å². The summed E-state index contributed by atoms with van der Waals surface area (Å²) in [4.78, 5) is 0.255. The van der Waals surface area contributed by atoms with Crippen LogP contribution in [0, 0.1) is 12.8 Å². The highest BCUT2D eigenvalue weighted by Gasteiger charge is 2.39. The van der Waals surface area contributed by atoms with E-state index in [0.29, 0.717) is 13.2 Å². The molecule has 0 radical (unpaired) electrons. The highest BCUT2D eigenvalue weighted by atomic mass is 32.2. The molecule has 6 heteroatoms. The molecule has 2 aromatic rings. The number of hydrogen-bond acceptors (Lipinski definition) is 4. The van der Waals surface area contributed by atoms with E-state index >= 15 is 0 Å². The minimum absolute atomic E-state index is 0.0564. The minimum Gasteiger partial charge on any atom is -0.376 e. The van der Waals surface area contributed by atoms with Crippen molar-refractivity contribution >= 4 is 10.0 Å². The molecule has 0 spiro atoms. The summed E-state index contributed by atoms with van der Waals surface area (Å²) < 4.78 is 40.7. The Morgan fingerprint density at radius 2 is 1.79 bits per heavy atom. The van der Waals surface area contributed by atoms with E-state index in [1.54, 1.807) is 24.3 Å². The molecule has 4 atom stereocenters. The van der Waals surface area contributed by atoms with Gasteiger partial charge in [-0.1, -0.05) is 61.9 Å². The van der Waals surface area contributed by atoms with E-state index in [2.05, 4.69) is 18.6 Å². The molecule has 0 bridgehead atoms. The lowest BCUT2D eigenvalue weighted by molar-refractivity contribution is -0.131. The van der Waals surface area contributed by atoms with E-state index < -0.39 is 16.1 Å². The van der Waals surface area contributed by atoms with Crippen molar-refractivity contribution < 1.29 is 17.9 Å². The normalized spacial score (nSPS) is 25.5. The Labute approximate surface area is 168 Å². The second-order valence-corrected chi connectivity index (χ2v) is 9.16. The van der Waals surface area contributed by atoms with Crippen LogP contribution in [0.1, 0.15) is 31.4 Å². The minimum atomic E-state index is -3.65. The summed E-state index contributed by atoms with van der Waals surface area (Å²) in [5.41, 5.74) is 2.08. The van der Waals surface area contributed by atoms with Crippen LogP contribution in [0.4, 0.5) is 0 Å². The molecule has 0 aliphatic carbocycles. The maximum Gasteiger partial charge on any atom is 0.240 e. The zero-order valence-electron chi connectivity index (χ0n) is 16.7. The van der Waals surface area contributed by atoms with Gasteiger partial charge in [-0.15, -0.1) is 0 Å². The fraction of sp³-hybridized carbons (Fsp3) is 0.455. The molecule has 5 nitrogen and oxygen atoms in total. The standard InChI is InChI=1S/C22H29NO4S/c1-4-21-17(3)22(27-14-18-8-6-5-7-9-18)20(15-26-21)23-28(24,25)19-12-10-16(2)11-13-19/h5-13,17,20-23H,4,14-15H2,1-3H3/t17-,20-,21+,22-/m0/s1. The molecule has 1 aliphatic rings. The summed E-state index contributed by atoms with van der Waals surface area (Å²) in [6.07, 6.45) is 0.657. The van der Waals surface area contributed by atoms with Gasteiger partial charge in [0.25, 0.3) is 0 Å². The molecule has 3 rings (SSSR count). The third kappa shape index (κ3) is 5.00. The van der Waals surface area contributed by atoms with Crippen LogP contribution in [-0.2, 0) is 26.1 Å². The molecule has 1 N–H and O–H groups in total. The number of ether oxygens (including phenoxy) is 2. The zero-order chi connectivity index (χ0) is 20.1. The smallest absolute Gasteiger partial charge is 0.240 e. The summed E-state index contributed by atoms with van der Waals surface area (Å²) in [5.74, 6) is 0.0770. The van der Waals surface area contributed by atoms with Gasteiger partial charge in [0.2, 0.25) is 10.0 Å². The second-order valence-electron chi connectivity index (χ2n) is 7.44. The van der Waals surface area contributed by atoms with Crippen LogP contribution in [0.2, 0.25) is 0 Å². The zero-order valence-corrected chi connectivity index (χ0v) is 17.5. The molecule has 0 saturated carbocycles. The van der Waals surface area contributed by atoms with Gasteiger partial charge in [0.15, 0.2) is 0 Å². The average Bonchev–Trinajstić information content (AvgIpc) is 2.69. The Hall–Kier alpha value is -1.73. The molecule has 28 heavy (non-hydrogen) atoms. The van der Waals surface area contributed by atoms with Crippen LogP contribution in [0.3, 0.4) is 0 Å². The molecule has 1 fully saturated rings. The van der Waals surface area contributed by atoms with Crippen molar-refractivity contribution in [1.29, 1.82) is 0 Å². The molecule has 0 unspecified atom stereocenters. The summed E-state index contributed by atoms with van der Waals surface area (Å²) in [6, 6.07) is 16.3. The molecule has 2 aromatic carbocycles. The quantitative estimate of drug-likeness (QED) is 0.766. The number of sulfonamides is 1. The lowest BCUT2D eigenvalue weighted by Gasteiger charge is -2.41. The van der Waals surface area contributed by atoms with Crippen molar-refractivity contribution in [1.82, 2.24) is 4.72 Å². The maximum atomic E-state index is 12.9. The summed E-state index contributed by atoms with van der Waals surface area (Å²) in [5, 5.41) is 0. The third-order valence-corrected chi connectivity index (χ3v) is 6.82. The largest absolute Gasteiger partial charge is 0.376 e. The average molecular weight is 404 g/mol. The fourth-order valence-corrected chi connectivity index (χ4v) is 4.89. The van der Waals surface area contributed by atoms with Crippen molar-refractivity contribution in [2.24, 2.45) is 5.92 Å². The Kier molecular flexibility index (Phi) is 6.88. The van der Waals surface area contributed by atoms with Crippen LogP contribution in [0.25, 0.3) is 0 Å². The van der Waals surface area contributed by atoms with Crippen molar-refractivity contribution in [3.8, 4) is 0 Å². The summed E-state index contributed by atoms with van der Waals surface area (Å²) >= 11 is 0. The molecule has 1 heterocycles. The van der Waals surface area contributed by atoms with E-state index in [1.165, 1.54) is 0 Å². The molecule has 0 amide bonds. The molecular formula is C22H29NO4S. The van der Waals surface area contributed by atoms with Crippen molar-refractivity contribution in [3.05, 3.63) is 65.7 Å². The van der Waals surface area contributed by atoms with E-state index in [0.717, 1.165) is 17.5 Å². The molecular weight excluding hydrogens is 374 g/mol. The first-order chi connectivity index (χ1) is 13.4. The van der Waals surface area contributed by atoms with Gasteiger partial charge in [-0.25, -0.2) is 13.1 Å². The SMILES string of the molecule is CC[C@H]1OC[C@H](NS(=O)(=O)c2ccc(C)cc2)[C@@H](OCc2ccccc2)[C@H]1C. The van der Waals surface area contributed by atoms with Crippen LogP contribution >= 0.6 is 0 Å². The van der Waals surface area contributed by atoms with Crippen molar-refractivity contribution in [3.63, 3.8) is 0 Å². The van der Waals surface area contributed by atoms with Crippen LogP contribution < -0.4 is 4.72 Å². The van der Waals surface area contributed by atoms with Crippen LogP contribution in [0.15, 0.2) is 59.5 Å². The lowest BCUT2D eigenvalue weighted by atomic mass is 9.89. The molecule has 152 valence electrons. The Bertz CT molecular complexity index is 852. The molecule has 0 aromatic heterocycles. The monoisotopic (exact) mass is 403 g/mol. The predicted octanol–water partition coefficient (Wildman–Crippen LogP) is 3.67. The fourth-order valence-electron chi connectivity index (χ4n) is 3.66. The Balaban J connectivity index is 1.77. The highest BCUT2D eigenvalue weighted by Crippen LogP contribution is 2.28. The summed E-state index contributed by atoms with van der Waals surface area (Å²) in [6.45, 7) is 6.81. The lowest BCUT2D eigenvalue weighted by Crippen LogP contribution is -2.56. The second kappa shape index (κ2) is 9.18. The van der Waals surface area contributed by atoms with Gasteiger partial charge in [-0.2, -0.15) is 0 Å². The topological polar surface area (TPSA) is 64.6 Å². The predicted molar refractivity (Wildman–Crippen MR) is 110 cm³/mol. The van der Waals surface area contributed by atoms with Gasteiger partial charge < -0.3 is 9.47 Å². The number of nitrogens with one attached hydrogen (secondary N) is 1. The van der Waals surface area contributed by atoms with E-state index in [1.807, 2.05) is 37.3 Å². The number of aryl methyl sites for hydroxylation is 1.